The van der Waals surface area contributed by atoms with E-state index in [-0.39, 0.29) is 5.91 Å². The molecule has 3 rings (SSSR count). The van der Waals surface area contributed by atoms with Gasteiger partial charge in [0.1, 0.15) is 0 Å². The Morgan fingerprint density at radius 3 is 2.50 bits per heavy atom. The Kier molecular flexibility index (Phi) is 4.66. The molecule has 0 spiro atoms. The van der Waals surface area contributed by atoms with Crippen molar-refractivity contribution in [1.82, 2.24) is 15.3 Å². The molecule has 0 aliphatic heterocycles. The number of nitrogens with one attached hydrogen (secondary N) is 1. The van der Waals surface area contributed by atoms with E-state index in [9.17, 15) is 4.79 Å². The van der Waals surface area contributed by atoms with Crippen LogP contribution >= 0.6 is 0 Å². The zero-order valence-electron chi connectivity index (χ0n) is 13.8. The molecule has 2 aromatic heterocycles. The van der Waals surface area contributed by atoms with Crippen molar-refractivity contribution in [3.05, 3.63) is 83.3 Å². The molecule has 4 heteroatoms. The minimum absolute atomic E-state index is 0.126. The molecular weight excluding hydrogens is 298 g/mol. The molecule has 1 N–H and O–H groups in total. The first-order valence-electron chi connectivity index (χ1n) is 7.85. The van der Waals surface area contributed by atoms with Crippen molar-refractivity contribution in [2.24, 2.45) is 0 Å². The number of aromatic nitrogens is 2. The molecular formula is C20H19N3O. The molecule has 0 aliphatic rings. The molecule has 0 aliphatic carbocycles. The molecule has 1 aromatic carbocycles. The SMILES string of the molecule is Cc1ccc(-c2ccc(C(=O)NCc3cccnc3)c(C)n2)cc1. The number of hydrogen-bond donors (Lipinski definition) is 1. The van der Waals surface area contributed by atoms with E-state index in [1.165, 1.54) is 5.56 Å². The number of rotatable bonds is 4. The van der Waals surface area contributed by atoms with Crippen LogP contribution in [-0.2, 0) is 6.54 Å². The summed E-state index contributed by atoms with van der Waals surface area (Å²) in [5, 5.41) is 2.90. The standard InChI is InChI=1S/C20H19N3O/c1-14-5-7-17(8-6-14)19-10-9-18(15(2)23-19)20(24)22-13-16-4-3-11-21-12-16/h3-12H,13H2,1-2H3,(H,22,24). The predicted octanol–water partition coefficient (Wildman–Crippen LogP) is 3.69. The number of hydrogen-bond acceptors (Lipinski definition) is 3. The van der Waals surface area contributed by atoms with Gasteiger partial charge < -0.3 is 5.32 Å². The maximum Gasteiger partial charge on any atom is 0.253 e. The number of benzene rings is 1. The number of nitrogens with zero attached hydrogens (tertiary/aromatic N) is 2. The van der Waals surface area contributed by atoms with Crippen LogP contribution in [0.5, 0.6) is 0 Å². The van der Waals surface area contributed by atoms with Crippen molar-refractivity contribution in [1.29, 1.82) is 0 Å². The third kappa shape index (κ3) is 3.66. The Hall–Kier alpha value is -3.01. The van der Waals surface area contributed by atoms with Gasteiger partial charge >= 0.3 is 0 Å². The molecule has 120 valence electrons. The Bertz CT molecular complexity index is 843. The second kappa shape index (κ2) is 7.04. The van der Waals surface area contributed by atoms with Crippen LogP contribution in [0.15, 0.2) is 60.9 Å². The van der Waals surface area contributed by atoms with Gasteiger partial charge in [0, 0.05) is 24.5 Å². The fraction of sp³-hybridized carbons (Fsp3) is 0.150. The van der Waals surface area contributed by atoms with Crippen molar-refractivity contribution >= 4 is 5.91 Å². The number of pyridine rings is 2. The minimum Gasteiger partial charge on any atom is -0.348 e. The average molecular weight is 317 g/mol. The molecule has 1 amide bonds. The Morgan fingerprint density at radius 1 is 1.04 bits per heavy atom. The van der Waals surface area contributed by atoms with Crippen molar-refractivity contribution < 1.29 is 4.79 Å². The largest absolute Gasteiger partial charge is 0.348 e. The Labute approximate surface area is 141 Å². The fourth-order valence-corrected chi connectivity index (χ4v) is 2.47. The lowest BCUT2D eigenvalue weighted by Crippen LogP contribution is -2.24. The van der Waals surface area contributed by atoms with Crippen LogP contribution < -0.4 is 5.32 Å². The Morgan fingerprint density at radius 2 is 1.83 bits per heavy atom. The highest BCUT2D eigenvalue weighted by atomic mass is 16.1. The van der Waals surface area contributed by atoms with Crippen LogP contribution in [0.4, 0.5) is 0 Å². The van der Waals surface area contributed by atoms with Crippen LogP contribution in [0.3, 0.4) is 0 Å². The zero-order valence-corrected chi connectivity index (χ0v) is 13.8. The van der Waals surface area contributed by atoms with Crippen molar-refractivity contribution in [2.45, 2.75) is 20.4 Å². The van der Waals surface area contributed by atoms with Gasteiger partial charge in [-0.1, -0.05) is 35.9 Å². The highest BCUT2D eigenvalue weighted by Gasteiger charge is 2.11. The van der Waals surface area contributed by atoms with E-state index in [2.05, 4.69) is 34.3 Å². The van der Waals surface area contributed by atoms with E-state index in [4.69, 9.17) is 0 Å². The highest BCUT2D eigenvalue weighted by molar-refractivity contribution is 5.95. The van der Waals surface area contributed by atoms with Gasteiger partial charge in [0.05, 0.1) is 17.0 Å². The summed E-state index contributed by atoms with van der Waals surface area (Å²) in [6.07, 6.45) is 3.45. The number of carbonyl (C=O) groups excluding carboxylic acids is 1. The maximum atomic E-state index is 12.4. The van der Waals surface area contributed by atoms with Crippen LogP contribution in [-0.4, -0.2) is 15.9 Å². The topological polar surface area (TPSA) is 54.9 Å². The molecule has 0 fully saturated rings. The van der Waals surface area contributed by atoms with Gasteiger partial charge in [-0.25, -0.2) is 0 Å². The first-order valence-corrected chi connectivity index (χ1v) is 7.85. The van der Waals surface area contributed by atoms with Crippen LogP contribution in [0.25, 0.3) is 11.3 Å². The van der Waals surface area contributed by atoms with Crippen LogP contribution in [0, 0.1) is 13.8 Å². The summed E-state index contributed by atoms with van der Waals surface area (Å²) in [6, 6.07) is 15.7. The molecule has 0 radical (unpaired) electrons. The maximum absolute atomic E-state index is 12.4. The summed E-state index contributed by atoms with van der Waals surface area (Å²) in [7, 11) is 0. The molecule has 4 nitrogen and oxygen atoms in total. The molecule has 3 aromatic rings. The van der Waals surface area contributed by atoms with E-state index in [1.807, 2.05) is 43.3 Å². The second-order valence-electron chi connectivity index (χ2n) is 5.74. The summed E-state index contributed by atoms with van der Waals surface area (Å²) in [4.78, 5) is 21.0. The predicted molar refractivity (Wildman–Crippen MR) is 94.6 cm³/mol. The van der Waals surface area contributed by atoms with Crippen molar-refractivity contribution in [3.63, 3.8) is 0 Å². The summed E-state index contributed by atoms with van der Waals surface area (Å²) >= 11 is 0. The van der Waals surface area contributed by atoms with Gasteiger partial charge in [-0.05, 0) is 37.6 Å². The van der Waals surface area contributed by atoms with E-state index in [0.717, 1.165) is 22.5 Å². The van der Waals surface area contributed by atoms with Crippen LogP contribution in [0.2, 0.25) is 0 Å². The molecule has 0 saturated carbocycles. The van der Waals surface area contributed by atoms with E-state index < -0.39 is 0 Å². The first-order chi connectivity index (χ1) is 11.6. The van der Waals surface area contributed by atoms with Crippen molar-refractivity contribution in [2.75, 3.05) is 0 Å². The van der Waals surface area contributed by atoms with Crippen molar-refractivity contribution in [3.8, 4) is 11.3 Å². The third-order valence-electron chi connectivity index (χ3n) is 3.85. The zero-order chi connectivity index (χ0) is 16.9. The lowest BCUT2D eigenvalue weighted by atomic mass is 10.1. The smallest absolute Gasteiger partial charge is 0.253 e. The minimum atomic E-state index is -0.126. The van der Waals surface area contributed by atoms with Gasteiger partial charge in [-0.15, -0.1) is 0 Å². The quantitative estimate of drug-likeness (QED) is 0.798. The molecule has 2 heterocycles. The lowest BCUT2D eigenvalue weighted by Gasteiger charge is -2.09. The molecule has 0 saturated heterocycles. The van der Waals surface area contributed by atoms with E-state index in [1.54, 1.807) is 12.4 Å². The lowest BCUT2D eigenvalue weighted by molar-refractivity contribution is 0.0950. The number of carbonyl (C=O) groups is 1. The van der Waals surface area contributed by atoms with Gasteiger partial charge in [0.2, 0.25) is 0 Å². The summed E-state index contributed by atoms with van der Waals surface area (Å²) in [6.45, 7) is 4.36. The summed E-state index contributed by atoms with van der Waals surface area (Å²) in [5.74, 6) is -0.126. The highest BCUT2D eigenvalue weighted by Crippen LogP contribution is 2.19. The van der Waals surface area contributed by atoms with Gasteiger partial charge in [-0.2, -0.15) is 0 Å². The van der Waals surface area contributed by atoms with Gasteiger partial charge in [-0.3, -0.25) is 14.8 Å². The fourth-order valence-electron chi connectivity index (χ4n) is 2.47. The van der Waals surface area contributed by atoms with Crippen LogP contribution in [0.1, 0.15) is 27.2 Å². The number of amides is 1. The average Bonchev–Trinajstić information content (AvgIpc) is 2.61. The molecule has 0 bridgehead atoms. The van der Waals surface area contributed by atoms with Gasteiger partial charge in [0.25, 0.3) is 5.91 Å². The normalized spacial score (nSPS) is 10.4. The second-order valence-corrected chi connectivity index (χ2v) is 5.74. The number of aryl methyl sites for hydroxylation is 2. The van der Waals surface area contributed by atoms with Gasteiger partial charge in [0.15, 0.2) is 0 Å². The Balaban J connectivity index is 1.74. The molecule has 24 heavy (non-hydrogen) atoms. The third-order valence-corrected chi connectivity index (χ3v) is 3.85. The molecule has 0 unspecified atom stereocenters. The molecule has 0 atom stereocenters. The summed E-state index contributed by atoms with van der Waals surface area (Å²) in [5.41, 5.74) is 5.41. The first kappa shape index (κ1) is 15.9. The monoisotopic (exact) mass is 317 g/mol. The van der Waals surface area contributed by atoms with E-state index >= 15 is 0 Å². The summed E-state index contributed by atoms with van der Waals surface area (Å²) < 4.78 is 0. The van der Waals surface area contributed by atoms with E-state index in [0.29, 0.717) is 12.1 Å².